The number of aromatic amines is 1. The number of nitrogens with zero attached hydrogens (tertiary/aromatic N) is 2. The van der Waals surface area contributed by atoms with Gasteiger partial charge in [-0.1, -0.05) is 54.1 Å². The van der Waals surface area contributed by atoms with E-state index in [1.807, 2.05) is 36.4 Å². The van der Waals surface area contributed by atoms with Crippen LogP contribution in [0.1, 0.15) is 44.0 Å². The van der Waals surface area contributed by atoms with Gasteiger partial charge in [0.25, 0.3) is 0 Å². The number of anilines is 1. The Labute approximate surface area is 232 Å². The van der Waals surface area contributed by atoms with Gasteiger partial charge in [0.05, 0.1) is 17.8 Å². The number of allylic oxidation sites excluding steroid dienone is 1. The number of aromatic nitrogens is 2. The van der Waals surface area contributed by atoms with Crippen LogP contribution in [0.15, 0.2) is 58.9 Å². The van der Waals surface area contributed by atoms with Crippen LogP contribution in [0, 0.1) is 0 Å². The number of nitrogens with one attached hydrogen (secondary N) is 4. The van der Waals surface area contributed by atoms with Crippen molar-refractivity contribution < 1.29 is 24.3 Å². The molecule has 5 atom stereocenters. The van der Waals surface area contributed by atoms with Crippen LogP contribution in [0.25, 0.3) is 0 Å². The second-order valence-corrected chi connectivity index (χ2v) is 12.5. The van der Waals surface area contributed by atoms with Gasteiger partial charge < -0.3 is 26.0 Å². The maximum atomic E-state index is 13.1. The number of H-pyrrole nitrogens is 1. The molecule has 12 nitrogen and oxygen atoms in total. The molecule has 0 spiro atoms. The maximum absolute atomic E-state index is 13.1. The van der Waals surface area contributed by atoms with Crippen molar-refractivity contribution >= 4 is 41.4 Å². The third kappa shape index (κ3) is 4.21. The van der Waals surface area contributed by atoms with Gasteiger partial charge >= 0.3 is 17.7 Å². The van der Waals surface area contributed by atoms with E-state index >= 15 is 0 Å². The van der Waals surface area contributed by atoms with Gasteiger partial charge in [-0.15, -0.1) is 11.8 Å². The van der Waals surface area contributed by atoms with Gasteiger partial charge in [0.2, 0.25) is 11.8 Å². The molecule has 1 aliphatic carbocycles. The van der Waals surface area contributed by atoms with Crippen molar-refractivity contribution in [2.45, 2.75) is 61.0 Å². The first-order chi connectivity index (χ1) is 19.0. The molecule has 3 aliphatic heterocycles. The minimum absolute atomic E-state index is 0.0170. The van der Waals surface area contributed by atoms with Crippen molar-refractivity contribution in [1.29, 1.82) is 0 Å². The molecule has 6 rings (SSSR count). The topological polar surface area (TPSA) is 166 Å². The molecule has 1 aromatic carbocycles. The first-order valence-corrected chi connectivity index (χ1v) is 13.8. The van der Waals surface area contributed by atoms with Gasteiger partial charge in [0.1, 0.15) is 23.3 Å². The number of rotatable bonds is 6. The summed E-state index contributed by atoms with van der Waals surface area (Å²) in [5, 5.41) is 17.9. The van der Waals surface area contributed by atoms with Gasteiger partial charge in [-0.2, -0.15) is 0 Å². The van der Waals surface area contributed by atoms with Crippen LogP contribution >= 0.6 is 11.8 Å². The maximum Gasteiger partial charge on any atom is 0.335 e. The minimum atomic E-state index is -1.06. The van der Waals surface area contributed by atoms with Crippen molar-refractivity contribution in [2.24, 2.45) is 0 Å². The number of thioether (sulfide) groups is 1. The van der Waals surface area contributed by atoms with Gasteiger partial charge in [0, 0.05) is 11.2 Å². The van der Waals surface area contributed by atoms with E-state index in [2.05, 4.69) is 20.9 Å². The lowest BCUT2D eigenvalue weighted by atomic mass is 9.95. The highest BCUT2D eigenvalue weighted by atomic mass is 32.2. The summed E-state index contributed by atoms with van der Waals surface area (Å²) in [4.78, 5) is 66.9. The molecular weight excluding hydrogens is 536 g/mol. The molecule has 2 fully saturated rings. The van der Waals surface area contributed by atoms with E-state index in [1.54, 1.807) is 26.0 Å². The fourth-order valence-electron chi connectivity index (χ4n) is 5.80. The zero-order chi connectivity index (χ0) is 28.3. The number of amides is 3. The van der Waals surface area contributed by atoms with E-state index in [0.717, 1.165) is 15.7 Å². The highest BCUT2D eigenvalue weighted by Crippen LogP contribution is 2.50. The number of hydrogen-bond acceptors (Lipinski definition) is 7. The lowest BCUT2D eigenvalue weighted by Gasteiger charge is -2.43. The van der Waals surface area contributed by atoms with Crippen LogP contribution in [0.2, 0.25) is 0 Å². The Morgan fingerprint density at radius 2 is 1.90 bits per heavy atom. The molecule has 4 heterocycles. The summed E-state index contributed by atoms with van der Waals surface area (Å²) in [5.41, 5.74) is 1.67. The number of benzene rings is 1. The van der Waals surface area contributed by atoms with Crippen molar-refractivity contribution in [2.75, 3.05) is 5.32 Å². The van der Waals surface area contributed by atoms with E-state index in [0.29, 0.717) is 17.9 Å². The minimum Gasteiger partial charge on any atom is -0.480 e. The van der Waals surface area contributed by atoms with Crippen LogP contribution in [0.3, 0.4) is 0 Å². The van der Waals surface area contributed by atoms with Crippen molar-refractivity contribution in [1.82, 2.24) is 25.1 Å². The Kier molecular flexibility index (Phi) is 6.13. The average molecular weight is 565 g/mol. The average Bonchev–Trinajstić information content (AvgIpc) is 3.30. The number of carbonyl (C=O) groups is 4. The molecule has 208 valence electrons. The highest BCUT2D eigenvalue weighted by molar-refractivity contribution is 8.01. The molecule has 0 radical (unpaired) electrons. The third-order valence-corrected chi connectivity index (χ3v) is 9.21. The predicted molar refractivity (Wildman–Crippen MR) is 147 cm³/mol. The number of β-lactam (4-membered cyclic amide) rings is 1. The third-order valence-electron chi connectivity index (χ3n) is 7.64. The molecule has 2 aromatic rings. The Hall–Kier alpha value is -4.26. The second kappa shape index (κ2) is 9.44. The Balaban J connectivity index is 1.09. The largest absolute Gasteiger partial charge is 0.480 e. The normalized spacial score (nSPS) is 27.4. The Bertz CT molecular complexity index is 1540. The number of fused-ring (bicyclic) bond motifs is 2. The van der Waals surface area contributed by atoms with Crippen molar-refractivity contribution in [3.63, 3.8) is 0 Å². The van der Waals surface area contributed by atoms with Crippen LogP contribution < -0.4 is 21.6 Å². The molecule has 1 aromatic heterocycles. The molecule has 3 amide bonds. The van der Waals surface area contributed by atoms with Crippen LogP contribution in [0.4, 0.5) is 10.6 Å². The Morgan fingerprint density at radius 1 is 1.15 bits per heavy atom. The van der Waals surface area contributed by atoms with E-state index in [-0.39, 0.29) is 18.4 Å². The summed E-state index contributed by atoms with van der Waals surface area (Å²) < 4.78 is 0.415. The van der Waals surface area contributed by atoms with Gasteiger partial charge in [-0.05, 0) is 25.8 Å². The molecule has 0 bridgehead atoms. The molecule has 4 aliphatic rings. The fourth-order valence-corrected chi connectivity index (χ4v) is 7.43. The number of imidazole rings is 1. The number of aliphatic carboxylic acids is 1. The predicted octanol–water partition coefficient (Wildman–Crippen LogP) is 1.53. The number of carboxylic acids is 1. The summed E-state index contributed by atoms with van der Waals surface area (Å²) in [6.07, 6.45) is 5.90. The quantitative estimate of drug-likeness (QED) is 0.260. The van der Waals surface area contributed by atoms with Crippen molar-refractivity contribution in [3.8, 4) is 0 Å². The summed E-state index contributed by atoms with van der Waals surface area (Å²) >= 11 is 1.37. The number of carbonyl (C=O) groups excluding carboxylic acids is 3. The SMILES string of the molecule is CC1(C)S[C@@H]2[C@H](NC(=O)CC3=CC(NC(=O)n4c5c([nH]c4=O)NC5c4ccccc4)C=CC3)C(=O)N2[C@H]1C(=O)O. The second-order valence-electron chi connectivity index (χ2n) is 10.8. The molecule has 2 saturated heterocycles. The summed E-state index contributed by atoms with van der Waals surface area (Å²) in [5.74, 6) is -1.32. The van der Waals surface area contributed by atoms with Gasteiger partial charge in [-0.3, -0.25) is 14.6 Å². The zero-order valence-corrected chi connectivity index (χ0v) is 22.5. The van der Waals surface area contributed by atoms with E-state index in [4.69, 9.17) is 0 Å². The van der Waals surface area contributed by atoms with E-state index in [1.165, 1.54) is 16.7 Å². The summed E-state index contributed by atoms with van der Waals surface area (Å²) in [6.45, 7) is 3.56. The highest BCUT2D eigenvalue weighted by Gasteiger charge is 2.64. The molecule has 13 heteroatoms. The standard InChI is InChI=1S/C27H28N6O6S/c1-27(2)20(24(36)37)33-22(35)18(23(33)40-27)29-16(34)12-13-7-6-10-15(11-13)28-25(38)32-19-17(14-8-4-3-5-9-14)30-21(19)31-26(32)39/h3-6,8-11,15,17-18,20,23,30H,7,12H2,1-2H3,(H,28,38)(H,29,34)(H,31,39)(H,36,37)/t15?,17?,18-,20+,23-/m1/s1. The molecule has 5 N–H and O–H groups in total. The van der Waals surface area contributed by atoms with Gasteiger partial charge in [-0.25, -0.2) is 19.0 Å². The van der Waals surface area contributed by atoms with Crippen LogP contribution in [-0.2, 0) is 14.4 Å². The van der Waals surface area contributed by atoms with Crippen LogP contribution in [0.5, 0.6) is 0 Å². The van der Waals surface area contributed by atoms with Crippen molar-refractivity contribution in [3.05, 3.63) is 75.9 Å². The van der Waals surface area contributed by atoms with Gasteiger partial charge in [0.15, 0.2) is 0 Å². The number of carboxylic acid groups (broad SMARTS) is 1. The van der Waals surface area contributed by atoms with Crippen LogP contribution in [-0.4, -0.2) is 71.6 Å². The monoisotopic (exact) mass is 564 g/mol. The smallest absolute Gasteiger partial charge is 0.335 e. The molecule has 0 saturated carbocycles. The lowest BCUT2D eigenvalue weighted by Crippen LogP contribution is -2.70. The Morgan fingerprint density at radius 3 is 2.62 bits per heavy atom. The molecule has 2 unspecified atom stereocenters. The fraction of sp³-hybridized carbons (Fsp3) is 0.370. The first kappa shape index (κ1) is 26.0. The van der Waals surface area contributed by atoms with E-state index in [9.17, 15) is 29.1 Å². The first-order valence-electron chi connectivity index (χ1n) is 12.9. The number of hydrogen-bond donors (Lipinski definition) is 5. The molecule has 40 heavy (non-hydrogen) atoms. The summed E-state index contributed by atoms with van der Waals surface area (Å²) in [7, 11) is 0. The van der Waals surface area contributed by atoms with E-state index < -0.39 is 51.8 Å². The zero-order valence-electron chi connectivity index (χ0n) is 21.7. The lowest BCUT2D eigenvalue weighted by molar-refractivity contribution is -0.161. The molecular formula is C27H28N6O6S. The summed E-state index contributed by atoms with van der Waals surface area (Å²) in [6, 6.07) is 6.35.